The number of likely N-dealkylation sites (tertiary alicyclic amines) is 1. The monoisotopic (exact) mass is 327 g/mol. The number of carbonyl (C=O) groups excluding carboxylic acids is 1. The lowest BCUT2D eigenvalue weighted by Crippen LogP contribution is -2.44. The van der Waals surface area contributed by atoms with E-state index in [1.54, 1.807) is 12.4 Å². The molecule has 1 saturated carbocycles. The predicted octanol–water partition coefficient (Wildman–Crippen LogP) is 1.98. The summed E-state index contributed by atoms with van der Waals surface area (Å²) in [6.45, 7) is 2.12. The van der Waals surface area contributed by atoms with Crippen molar-refractivity contribution in [3.8, 4) is 6.07 Å². The Bertz CT molecular complexity index is 606. The van der Waals surface area contributed by atoms with Crippen LogP contribution >= 0.6 is 0 Å². The fraction of sp³-hybridized carbons (Fsp3) is 0.667. The summed E-state index contributed by atoms with van der Waals surface area (Å²) in [6.07, 6.45) is 8.99. The van der Waals surface area contributed by atoms with Gasteiger partial charge in [0.1, 0.15) is 11.2 Å². The molecular weight excluding hydrogens is 302 g/mol. The second kappa shape index (κ2) is 7.27. The number of likely N-dealkylation sites (N-methyl/N-ethyl adjacent to an activating group) is 1. The number of nitriles is 1. The van der Waals surface area contributed by atoms with E-state index in [2.05, 4.69) is 28.0 Å². The van der Waals surface area contributed by atoms with Gasteiger partial charge in [0.25, 0.3) is 0 Å². The van der Waals surface area contributed by atoms with Crippen LogP contribution in [0.25, 0.3) is 0 Å². The predicted molar refractivity (Wildman–Crippen MR) is 89.6 cm³/mol. The smallest absolute Gasteiger partial charge is 0.243 e. The molecule has 128 valence electrons. The van der Waals surface area contributed by atoms with Crippen LogP contribution in [-0.4, -0.2) is 51.9 Å². The third kappa shape index (κ3) is 3.41. The average molecular weight is 327 g/mol. The molecule has 1 aromatic heterocycles. The quantitative estimate of drug-likeness (QED) is 0.845. The first-order valence-corrected chi connectivity index (χ1v) is 8.81. The minimum Gasteiger partial charge on any atom is -0.340 e. The molecule has 0 bridgehead atoms. The molecule has 1 aromatic rings. The van der Waals surface area contributed by atoms with Crippen LogP contribution in [0.4, 0.5) is 0 Å². The molecule has 24 heavy (non-hydrogen) atoms. The highest BCUT2D eigenvalue weighted by atomic mass is 16.2. The molecule has 6 nitrogen and oxygen atoms in total. The van der Waals surface area contributed by atoms with Gasteiger partial charge in [0, 0.05) is 31.5 Å². The molecule has 6 heteroatoms. The molecule has 1 saturated heterocycles. The average Bonchev–Trinajstić information content (AvgIpc) is 3.12. The third-order valence-corrected chi connectivity index (χ3v) is 5.41. The van der Waals surface area contributed by atoms with Gasteiger partial charge in [-0.15, -0.1) is 0 Å². The maximum Gasteiger partial charge on any atom is 0.243 e. The van der Waals surface area contributed by atoms with E-state index in [4.69, 9.17) is 0 Å². The summed E-state index contributed by atoms with van der Waals surface area (Å²) >= 11 is 0. The van der Waals surface area contributed by atoms with E-state index in [0.717, 1.165) is 50.9 Å². The zero-order valence-corrected chi connectivity index (χ0v) is 14.3. The highest BCUT2D eigenvalue weighted by Crippen LogP contribution is 2.38. The zero-order valence-electron chi connectivity index (χ0n) is 14.3. The molecule has 1 atom stereocenters. The number of hydrogen-bond acceptors (Lipinski definition) is 5. The van der Waals surface area contributed by atoms with Crippen LogP contribution in [0.1, 0.15) is 44.3 Å². The Labute approximate surface area is 143 Å². The van der Waals surface area contributed by atoms with Gasteiger partial charge in [0.2, 0.25) is 5.91 Å². The molecule has 1 unspecified atom stereocenters. The van der Waals surface area contributed by atoms with Crippen molar-refractivity contribution >= 4 is 5.91 Å². The van der Waals surface area contributed by atoms with Gasteiger partial charge in [-0.2, -0.15) is 5.26 Å². The van der Waals surface area contributed by atoms with E-state index in [9.17, 15) is 10.1 Å². The number of nitrogens with zero attached hydrogens (tertiary/aromatic N) is 5. The molecular formula is C18H25N5O. The Morgan fingerprint density at radius 2 is 2.08 bits per heavy atom. The number of rotatable bonds is 4. The van der Waals surface area contributed by atoms with Crippen LogP contribution in [0, 0.1) is 16.7 Å². The molecule has 0 N–H and O–H groups in total. The maximum atomic E-state index is 12.9. The van der Waals surface area contributed by atoms with Crippen molar-refractivity contribution in [3.63, 3.8) is 0 Å². The van der Waals surface area contributed by atoms with Gasteiger partial charge in [-0.05, 0) is 32.4 Å². The molecule has 0 radical (unpaired) electrons. The molecule has 2 aliphatic rings. The first kappa shape index (κ1) is 16.8. The Morgan fingerprint density at radius 3 is 2.75 bits per heavy atom. The summed E-state index contributed by atoms with van der Waals surface area (Å²) in [4.78, 5) is 25.6. The number of carbonyl (C=O) groups is 1. The number of aromatic nitrogens is 2. The van der Waals surface area contributed by atoms with Gasteiger partial charge in [0.15, 0.2) is 0 Å². The van der Waals surface area contributed by atoms with Gasteiger partial charge in [-0.25, -0.2) is 9.97 Å². The van der Waals surface area contributed by atoms with Crippen LogP contribution in [0.3, 0.4) is 0 Å². The van der Waals surface area contributed by atoms with Crippen molar-refractivity contribution in [1.82, 2.24) is 19.8 Å². The summed E-state index contributed by atoms with van der Waals surface area (Å²) in [5, 5.41) is 9.62. The maximum absolute atomic E-state index is 12.9. The Kier molecular flexibility index (Phi) is 5.10. The van der Waals surface area contributed by atoms with Crippen molar-refractivity contribution in [3.05, 3.63) is 24.3 Å². The van der Waals surface area contributed by atoms with Crippen LogP contribution in [-0.2, 0) is 11.3 Å². The molecule has 1 aliphatic carbocycles. The minimum absolute atomic E-state index is 0.0524. The molecule has 2 fully saturated rings. The van der Waals surface area contributed by atoms with Crippen molar-refractivity contribution in [2.75, 3.05) is 20.1 Å². The second-order valence-corrected chi connectivity index (χ2v) is 7.03. The van der Waals surface area contributed by atoms with Crippen molar-refractivity contribution < 1.29 is 4.79 Å². The van der Waals surface area contributed by atoms with Gasteiger partial charge < -0.3 is 4.90 Å². The summed E-state index contributed by atoms with van der Waals surface area (Å²) in [7, 11) is 2.05. The van der Waals surface area contributed by atoms with Gasteiger partial charge in [0.05, 0.1) is 12.6 Å². The van der Waals surface area contributed by atoms with Gasteiger partial charge in [-0.1, -0.05) is 19.3 Å². The highest BCUT2D eigenvalue weighted by molar-refractivity contribution is 5.85. The van der Waals surface area contributed by atoms with Crippen LogP contribution in [0.15, 0.2) is 18.5 Å². The van der Waals surface area contributed by atoms with Gasteiger partial charge >= 0.3 is 0 Å². The summed E-state index contributed by atoms with van der Waals surface area (Å²) < 4.78 is 0. The van der Waals surface area contributed by atoms with E-state index < -0.39 is 5.41 Å². The standard InChI is InChI=1S/C18H25N5O/c1-22(13-16-20-9-5-10-21-16)15-6-11-23(12-15)17(24)18(14-19)7-3-2-4-8-18/h5,9-10,15H,2-4,6-8,11-13H2,1H3. The van der Waals surface area contributed by atoms with Crippen LogP contribution in [0.2, 0.25) is 0 Å². The molecule has 2 heterocycles. The molecule has 0 aromatic carbocycles. The Hall–Kier alpha value is -2.00. The van der Waals surface area contributed by atoms with E-state index >= 15 is 0 Å². The van der Waals surface area contributed by atoms with Gasteiger partial charge in [-0.3, -0.25) is 9.69 Å². The van der Waals surface area contributed by atoms with E-state index in [0.29, 0.717) is 19.1 Å². The Morgan fingerprint density at radius 1 is 1.38 bits per heavy atom. The zero-order chi connectivity index (χ0) is 17.0. The summed E-state index contributed by atoms with van der Waals surface area (Å²) in [6, 6.07) is 4.47. The lowest BCUT2D eigenvalue weighted by atomic mass is 9.74. The first-order valence-electron chi connectivity index (χ1n) is 8.81. The molecule has 1 aliphatic heterocycles. The van der Waals surface area contributed by atoms with Crippen LogP contribution in [0.5, 0.6) is 0 Å². The largest absolute Gasteiger partial charge is 0.340 e. The fourth-order valence-corrected chi connectivity index (χ4v) is 3.88. The normalized spacial score (nSPS) is 23.2. The lowest BCUT2D eigenvalue weighted by Gasteiger charge is -2.33. The lowest BCUT2D eigenvalue weighted by molar-refractivity contribution is -0.139. The SMILES string of the molecule is CN(Cc1ncccn1)C1CCN(C(=O)C2(C#N)CCCCC2)C1. The van der Waals surface area contributed by atoms with Crippen LogP contribution < -0.4 is 0 Å². The van der Waals surface area contributed by atoms with Crippen molar-refractivity contribution in [2.45, 2.75) is 51.1 Å². The summed E-state index contributed by atoms with van der Waals surface area (Å²) in [5.74, 6) is 0.849. The first-order chi connectivity index (χ1) is 11.6. The number of hydrogen-bond donors (Lipinski definition) is 0. The van der Waals surface area contributed by atoms with E-state index in [-0.39, 0.29) is 5.91 Å². The van der Waals surface area contributed by atoms with E-state index in [1.165, 1.54) is 0 Å². The Balaban J connectivity index is 1.60. The summed E-state index contributed by atoms with van der Waals surface area (Å²) in [5.41, 5.74) is -0.770. The fourth-order valence-electron chi connectivity index (χ4n) is 3.88. The minimum atomic E-state index is -0.770. The van der Waals surface area contributed by atoms with Crippen molar-refractivity contribution in [2.24, 2.45) is 5.41 Å². The second-order valence-electron chi connectivity index (χ2n) is 7.03. The van der Waals surface area contributed by atoms with E-state index in [1.807, 2.05) is 11.0 Å². The van der Waals surface area contributed by atoms with Crippen molar-refractivity contribution in [1.29, 1.82) is 5.26 Å². The highest BCUT2D eigenvalue weighted by Gasteiger charge is 2.44. The number of amides is 1. The third-order valence-electron chi connectivity index (χ3n) is 5.41. The molecule has 3 rings (SSSR count). The molecule has 1 amide bonds. The molecule has 0 spiro atoms. The topological polar surface area (TPSA) is 73.1 Å².